The van der Waals surface area contributed by atoms with Crippen LogP contribution in [0.3, 0.4) is 0 Å². The van der Waals surface area contributed by atoms with E-state index in [0.29, 0.717) is 11.8 Å². The first-order valence-corrected chi connectivity index (χ1v) is 10.9. The number of anilines is 1. The van der Waals surface area contributed by atoms with Gasteiger partial charge in [0.25, 0.3) is 0 Å². The van der Waals surface area contributed by atoms with Crippen molar-refractivity contribution in [3.63, 3.8) is 0 Å². The molecule has 0 spiro atoms. The number of ether oxygens (including phenoxy) is 1. The predicted octanol–water partition coefficient (Wildman–Crippen LogP) is 5.06. The standard InChI is InChI=1S/C24H22N4O2S/c1-2-30-21-15-13-19(14-16-21)25-22(29)17-31-24-27-26-23(18-9-5-3-6-10-18)28(24)20-11-7-4-8-12-20/h3-16H,2,17H2,1H3,(H,25,29). The molecule has 0 aliphatic rings. The van der Waals surface area contributed by atoms with Crippen LogP contribution in [0, 0.1) is 0 Å². The molecule has 4 aromatic rings. The fraction of sp³-hybridized carbons (Fsp3) is 0.125. The Bertz CT molecular complexity index is 1130. The van der Waals surface area contributed by atoms with Gasteiger partial charge in [-0.05, 0) is 43.3 Å². The van der Waals surface area contributed by atoms with Gasteiger partial charge in [0.05, 0.1) is 12.4 Å². The predicted molar refractivity (Wildman–Crippen MR) is 124 cm³/mol. The van der Waals surface area contributed by atoms with Crippen molar-refractivity contribution in [3.05, 3.63) is 84.9 Å². The highest BCUT2D eigenvalue weighted by molar-refractivity contribution is 7.99. The van der Waals surface area contributed by atoms with Gasteiger partial charge in [-0.15, -0.1) is 10.2 Å². The van der Waals surface area contributed by atoms with Crippen LogP contribution in [-0.2, 0) is 4.79 Å². The van der Waals surface area contributed by atoms with E-state index in [1.807, 2.05) is 96.4 Å². The van der Waals surface area contributed by atoms with E-state index in [0.717, 1.165) is 28.5 Å². The third-order valence-corrected chi connectivity index (χ3v) is 5.39. The maximum Gasteiger partial charge on any atom is 0.234 e. The average molecular weight is 431 g/mol. The number of carbonyl (C=O) groups excluding carboxylic acids is 1. The fourth-order valence-corrected chi connectivity index (χ4v) is 3.83. The van der Waals surface area contributed by atoms with Gasteiger partial charge in [-0.25, -0.2) is 0 Å². The van der Waals surface area contributed by atoms with E-state index < -0.39 is 0 Å². The number of aromatic nitrogens is 3. The molecule has 0 aliphatic heterocycles. The van der Waals surface area contributed by atoms with Gasteiger partial charge in [-0.1, -0.05) is 60.3 Å². The van der Waals surface area contributed by atoms with E-state index in [1.165, 1.54) is 11.8 Å². The summed E-state index contributed by atoms with van der Waals surface area (Å²) in [6.45, 7) is 2.54. The normalized spacial score (nSPS) is 10.6. The highest BCUT2D eigenvalue weighted by Gasteiger charge is 2.17. The number of nitrogens with zero attached hydrogens (tertiary/aromatic N) is 3. The van der Waals surface area contributed by atoms with E-state index in [4.69, 9.17) is 4.74 Å². The number of para-hydroxylation sites is 1. The SMILES string of the molecule is CCOc1ccc(NC(=O)CSc2nnc(-c3ccccc3)n2-c2ccccc2)cc1. The first kappa shape index (κ1) is 20.7. The summed E-state index contributed by atoms with van der Waals surface area (Å²) in [7, 11) is 0. The second-order valence-electron chi connectivity index (χ2n) is 6.64. The third kappa shape index (κ3) is 5.13. The van der Waals surface area contributed by atoms with Crippen molar-refractivity contribution in [2.45, 2.75) is 12.1 Å². The molecule has 0 fully saturated rings. The number of thioether (sulfide) groups is 1. The van der Waals surface area contributed by atoms with Crippen LogP contribution < -0.4 is 10.1 Å². The van der Waals surface area contributed by atoms with Gasteiger partial charge in [0, 0.05) is 16.9 Å². The van der Waals surface area contributed by atoms with E-state index in [-0.39, 0.29) is 11.7 Å². The van der Waals surface area contributed by atoms with Crippen molar-refractivity contribution < 1.29 is 9.53 Å². The van der Waals surface area contributed by atoms with Crippen LogP contribution in [0.2, 0.25) is 0 Å². The molecule has 0 radical (unpaired) electrons. The first-order valence-electron chi connectivity index (χ1n) is 9.96. The van der Waals surface area contributed by atoms with Gasteiger partial charge in [0.2, 0.25) is 5.91 Å². The van der Waals surface area contributed by atoms with Crippen molar-refractivity contribution in [2.24, 2.45) is 0 Å². The van der Waals surface area contributed by atoms with Gasteiger partial charge in [-0.2, -0.15) is 0 Å². The minimum Gasteiger partial charge on any atom is -0.494 e. The monoisotopic (exact) mass is 430 g/mol. The number of hydrogen-bond donors (Lipinski definition) is 1. The van der Waals surface area contributed by atoms with Crippen LogP contribution in [0.15, 0.2) is 90.1 Å². The highest BCUT2D eigenvalue weighted by Crippen LogP contribution is 2.28. The van der Waals surface area contributed by atoms with Crippen LogP contribution >= 0.6 is 11.8 Å². The molecule has 0 atom stereocenters. The molecule has 1 N–H and O–H groups in total. The van der Waals surface area contributed by atoms with Gasteiger partial charge in [-0.3, -0.25) is 9.36 Å². The molecule has 0 saturated heterocycles. The molecule has 156 valence electrons. The summed E-state index contributed by atoms with van der Waals surface area (Å²) in [6.07, 6.45) is 0. The van der Waals surface area contributed by atoms with Crippen LogP contribution in [0.4, 0.5) is 5.69 Å². The Hall–Kier alpha value is -3.58. The fourth-order valence-electron chi connectivity index (χ4n) is 3.08. The van der Waals surface area contributed by atoms with E-state index in [1.54, 1.807) is 0 Å². The van der Waals surface area contributed by atoms with Crippen molar-refractivity contribution in [1.29, 1.82) is 0 Å². The second kappa shape index (κ2) is 9.95. The second-order valence-corrected chi connectivity index (χ2v) is 7.58. The van der Waals surface area contributed by atoms with E-state index in [9.17, 15) is 4.79 Å². The maximum atomic E-state index is 12.5. The first-order chi connectivity index (χ1) is 15.2. The molecule has 0 saturated carbocycles. The minimum absolute atomic E-state index is 0.113. The Morgan fingerprint density at radius 3 is 2.29 bits per heavy atom. The zero-order chi connectivity index (χ0) is 21.5. The molecular formula is C24H22N4O2S. The summed E-state index contributed by atoms with van der Waals surface area (Å²) < 4.78 is 7.41. The molecule has 1 amide bonds. The molecule has 6 nitrogen and oxygen atoms in total. The van der Waals surface area contributed by atoms with Crippen molar-refractivity contribution >= 4 is 23.4 Å². The third-order valence-electron chi connectivity index (χ3n) is 4.46. The van der Waals surface area contributed by atoms with E-state index in [2.05, 4.69) is 15.5 Å². The summed E-state index contributed by atoms with van der Waals surface area (Å²) in [6, 6.07) is 27.1. The lowest BCUT2D eigenvalue weighted by atomic mass is 10.2. The summed E-state index contributed by atoms with van der Waals surface area (Å²) >= 11 is 1.35. The Morgan fingerprint density at radius 2 is 1.61 bits per heavy atom. The number of carbonyl (C=O) groups is 1. The van der Waals surface area contributed by atoms with Crippen molar-refractivity contribution in [3.8, 4) is 22.8 Å². The van der Waals surface area contributed by atoms with Gasteiger partial charge >= 0.3 is 0 Å². The quantitative estimate of drug-likeness (QED) is 0.396. The zero-order valence-electron chi connectivity index (χ0n) is 17.1. The molecule has 0 bridgehead atoms. The highest BCUT2D eigenvalue weighted by atomic mass is 32.2. The molecular weight excluding hydrogens is 408 g/mol. The lowest BCUT2D eigenvalue weighted by Gasteiger charge is -2.10. The molecule has 31 heavy (non-hydrogen) atoms. The summed E-state index contributed by atoms with van der Waals surface area (Å²) in [4.78, 5) is 12.5. The number of hydrogen-bond acceptors (Lipinski definition) is 5. The number of rotatable bonds is 8. The molecule has 1 aromatic heterocycles. The summed E-state index contributed by atoms with van der Waals surface area (Å²) in [5.41, 5.74) is 2.63. The molecule has 3 aromatic carbocycles. The molecule has 4 rings (SSSR count). The Balaban J connectivity index is 1.50. The Kier molecular flexibility index (Phi) is 6.64. The van der Waals surface area contributed by atoms with Crippen molar-refractivity contribution in [1.82, 2.24) is 14.8 Å². The van der Waals surface area contributed by atoms with Crippen LogP contribution in [0.25, 0.3) is 17.1 Å². The Labute approximate surface area is 185 Å². The maximum absolute atomic E-state index is 12.5. The molecule has 7 heteroatoms. The molecule has 1 heterocycles. The van der Waals surface area contributed by atoms with Gasteiger partial charge < -0.3 is 10.1 Å². The topological polar surface area (TPSA) is 69.0 Å². The number of nitrogens with one attached hydrogen (secondary N) is 1. The smallest absolute Gasteiger partial charge is 0.234 e. The molecule has 0 unspecified atom stereocenters. The summed E-state index contributed by atoms with van der Waals surface area (Å²) in [5, 5.41) is 12.3. The van der Waals surface area contributed by atoms with Crippen molar-refractivity contribution in [2.75, 3.05) is 17.7 Å². The van der Waals surface area contributed by atoms with Gasteiger partial charge in [0.1, 0.15) is 5.75 Å². The van der Waals surface area contributed by atoms with Crippen LogP contribution in [0.1, 0.15) is 6.92 Å². The molecule has 0 aliphatic carbocycles. The summed E-state index contributed by atoms with van der Waals surface area (Å²) in [5.74, 6) is 1.62. The number of benzene rings is 3. The zero-order valence-corrected chi connectivity index (χ0v) is 17.9. The van der Waals surface area contributed by atoms with E-state index >= 15 is 0 Å². The lowest BCUT2D eigenvalue weighted by Crippen LogP contribution is -2.14. The minimum atomic E-state index is -0.113. The number of amides is 1. The van der Waals surface area contributed by atoms with Gasteiger partial charge in [0.15, 0.2) is 11.0 Å². The lowest BCUT2D eigenvalue weighted by molar-refractivity contribution is -0.113. The van der Waals surface area contributed by atoms with Crippen LogP contribution in [0.5, 0.6) is 5.75 Å². The average Bonchev–Trinajstić information content (AvgIpc) is 3.24. The Morgan fingerprint density at radius 1 is 0.935 bits per heavy atom. The van der Waals surface area contributed by atoms with Crippen LogP contribution in [-0.4, -0.2) is 33.0 Å². The largest absolute Gasteiger partial charge is 0.494 e.